The minimum absolute atomic E-state index is 0.0926. The molecule has 146 valence electrons. The summed E-state index contributed by atoms with van der Waals surface area (Å²) in [4.78, 5) is 12.2. The van der Waals surface area contributed by atoms with Crippen LogP contribution in [-0.4, -0.2) is 34.6 Å². The van der Waals surface area contributed by atoms with Crippen molar-refractivity contribution < 1.29 is 14.6 Å². The molecule has 1 atom stereocenters. The lowest BCUT2D eigenvalue weighted by Crippen LogP contribution is -2.32. The molecule has 0 spiro atoms. The number of ether oxygens (including phenoxy) is 1. The fourth-order valence-corrected chi connectivity index (χ4v) is 2.91. The van der Waals surface area contributed by atoms with Gasteiger partial charge < -0.3 is 20.5 Å². The van der Waals surface area contributed by atoms with E-state index in [0.717, 1.165) is 17.1 Å². The molecule has 3 aromatic rings. The van der Waals surface area contributed by atoms with E-state index in [2.05, 4.69) is 15.7 Å². The number of carbonyl (C=O) groups excluding carboxylic acids is 1. The molecule has 0 saturated carbocycles. The molecule has 0 saturated heterocycles. The lowest BCUT2D eigenvalue weighted by atomic mass is 10.1. The van der Waals surface area contributed by atoms with Gasteiger partial charge in [-0.05, 0) is 55.8 Å². The smallest absolute Gasteiger partial charge is 0.319 e. The quantitative estimate of drug-likeness (QED) is 0.612. The van der Waals surface area contributed by atoms with Gasteiger partial charge in [-0.25, -0.2) is 9.48 Å². The van der Waals surface area contributed by atoms with Crippen molar-refractivity contribution in [2.24, 2.45) is 0 Å². The standard InChI is InChI=1S/C21H24N4O3/c1-14-11-15(2)25(24-14)18-6-4-5-17(12-18)23-21(27)22-13-20(26)16-7-9-19(28-3)10-8-16/h4-12,20,26H,13H2,1-3H3,(H2,22,23,27). The number of aryl methyl sites for hydroxylation is 2. The van der Waals surface area contributed by atoms with Crippen LogP contribution in [0, 0.1) is 13.8 Å². The van der Waals surface area contributed by atoms with E-state index in [-0.39, 0.29) is 6.54 Å². The normalized spacial score (nSPS) is 11.7. The fraction of sp³-hybridized carbons (Fsp3) is 0.238. The van der Waals surface area contributed by atoms with Gasteiger partial charge in [-0.2, -0.15) is 5.10 Å². The maximum atomic E-state index is 12.2. The van der Waals surface area contributed by atoms with E-state index in [1.165, 1.54) is 0 Å². The molecular weight excluding hydrogens is 356 g/mol. The molecule has 1 aromatic heterocycles. The molecule has 0 aliphatic heterocycles. The van der Waals surface area contributed by atoms with Crippen LogP contribution in [0.2, 0.25) is 0 Å². The minimum Gasteiger partial charge on any atom is -0.497 e. The van der Waals surface area contributed by atoms with Gasteiger partial charge in [-0.3, -0.25) is 0 Å². The molecule has 1 unspecified atom stereocenters. The summed E-state index contributed by atoms with van der Waals surface area (Å²) in [5, 5.41) is 20.1. The number of carbonyl (C=O) groups is 1. The molecule has 0 aliphatic carbocycles. The second kappa shape index (κ2) is 8.58. The Morgan fingerprint density at radius 1 is 1.18 bits per heavy atom. The van der Waals surface area contributed by atoms with Crippen LogP contribution >= 0.6 is 0 Å². The molecule has 28 heavy (non-hydrogen) atoms. The maximum Gasteiger partial charge on any atom is 0.319 e. The number of aromatic nitrogens is 2. The van der Waals surface area contributed by atoms with Gasteiger partial charge in [-0.15, -0.1) is 0 Å². The zero-order valence-corrected chi connectivity index (χ0v) is 16.1. The number of anilines is 1. The Labute approximate surface area is 164 Å². The number of hydrogen-bond donors (Lipinski definition) is 3. The fourth-order valence-electron chi connectivity index (χ4n) is 2.91. The van der Waals surface area contributed by atoms with Crippen molar-refractivity contribution in [2.45, 2.75) is 20.0 Å². The Balaban J connectivity index is 1.58. The summed E-state index contributed by atoms with van der Waals surface area (Å²) in [5.41, 5.74) is 4.15. The lowest BCUT2D eigenvalue weighted by Gasteiger charge is -2.14. The Morgan fingerprint density at radius 2 is 1.93 bits per heavy atom. The summed E-state index contributed by atoms with van der Waals surface area (Å²) >= 11 is 0. The summed E-state index contributed by atoms with van der Waals surface area (Å²) in [6.45, 7) is 4.01. The van der Waals surface area contributed by atoms with Gasteiger partial charge >= 0.3 is 6.03 Å². The van der Waals surface area contributed by atoms with Crippen molar-refractivity contribution in [3.05, 3.63) is 71.5 Å². The molecule has 7 nitrogen and oxygen atoms in total. The number of benzene rings is 2. The largest absolute Gasteiger partial charge is 0.497 e. The van der Waals surface area contributed by atoms with E-state index in [9.17, 15) is 9.90 Å². The topological polar surface area (TPSA) is 88.4 Å². The highest BCUT2D eigenvalue weighted by molar-refractivity contribution is 5.89. The van der Waals surface area contributed by atoms with Crippen LogP contribution in [-0.2, 0) is 0 Å². The first-order valence-electron chi connectivity index (χ1n) is 8.97. The number of nitrogens with one attached hydrogen (secondary N) is 2. The average Bonchev–Trinajstić information content (AvgIpc) is 3.04. The summed E-state index contributed by atoms with van der Waals surface area (Å²) < 4.78 is 6.92. The number of rotatable bonds is 6. The van der Waals surface area contributed by atoms with Crippen molar-refractivity contribution in [2.75, 3.05) is 19.0 Å². The monoisotopic (exact) mass is 380 g/mol. The van der Waals surface area contributed by atoms with Crippen LogP contribution in [0.1, 0.15) is 23.1 Å². The molecule has 0 radical (unpaired) electrons. The Kier molecular flexibility index (Phi) is 5.96. The van der Waals surface area contributed by atoms with E-state index in [0.29, 0.717) is 17.0 Å². The van der Waals surface area contributed by atoms with Crippen LogP contribution in [0.25, 0.3) is 5.69 Å². The van der Waals surface area contributed by atoms with Gasteiger partial charge in [0.1, 0.15) is 5.75 Å². The molecular formula is C21H24N4O3. The Bertz CT molecular complexity index is 951. The van der Waals surface area contributed by atoms with E-state index >= 15 is 0 Å². The number of methoxy groups -OCH3 is 1. The molecule has 1 heterocycles. The summed E-state index contributed by atoms with van der Waals surface area (Å²) in [5.74, 6) is 0.712. The van der Waals surface area contributed by atoms with Crippen LogP contribution in [0.15, 0.2) is 54.6 Å². The van der Waals surface area contributed by atoms with Gasteiger partial charge in [0.2, 0.25) is 0 Å². The highest BCUT2D eigenvalue weighted by atomic mass is 16.5. The number of amides is 2. The van der Waals surface area contributed by atoms with Crippen molar-refractivity contribution in [3.8, 4) is 11.4 Å². The van der Waals surface area contributed by atoms with Crippen LogP contribution in [0.3, 0.4) is 0 Å². The number of nitrogens with zero attached hydrogens (tertiary/aromatic N) is 2. The zero-order valence-electron chi connectivity index (χ0n) is 16.1. The number of hydrogen-bond acceptors (Lipinski definition) is 4. The molecule has 2 aromatic carbocycles. The molecule has 0 bridgehead atoms. The molecule has 3 rings (SSSR count). The van der Waals surface area contributed by atoms with Crippen molar-refractivity contribution >= 4 is 11.7 Å². The van der Waals surface area contributed by atoms with Crippen LogP contribution in [0.5, 0.6) is 5.75 Å². The third-order valence-corrected chi connectivity index (χ3v) is 4.31. The summed E-state index contributed by atoms with van der Waals surface area (Å²) in [6, 6.07) is 16.1. The molecule has 2 amide bonds. The first kappa shape index (κ1) is 19.4. The van der Waals surface area contributed by atoms with E-state index in [1.54, 1.807) is 37.4 Å². The maximum absolute atomic E-state index is 12.2. The number of aliphatic hydroxyl groups is 1. The van der Waals surface area contributed by atoms with Gasteiger partial charge in [-0.1, -0.05) is 18.2 Å². The number of urea groups is 1. The van der Waals surface area contributed by atoms with Crippen LogP contribution in [0.4, 0.5) is 10.5 Å². The molecule has 7 heteroatoms. The summed E-state index contributed by atoms with van der Waals surface area (Å²) in [7, 11) is 1.58. The zero-order chi connectivity index (χ0) is 20.1. The summed E-state index contributed by atoms with van der Waals surface area (Å²) in [6.07, 6.45) is -0.808. The number of aliphatic hydroxyl groups excluding tert-OH is 1. The van der Waals surface area contributed by atoms with Gasteiger partial charge in [0.05, 0.1) is 24.6 Å². The van der Waals surface area contributed by atoms with Gasteiger partial charge in [0.15, 0.2) is 0 Å². The van der Waals surface area contributed by atoms with Crippen molar-refractivity contribution in [3.63, 3.8) is 0 Å². The van der Waals surface area contributed by atoms with Gasteiger partial charge in [0.25, 0.3) is 0 Å². The predicted molar refractivity (Wildman–Crippen MR) is 108 cm³/mol. The minimum atomic E-state index is -0.808. The predicted octanol–water partition coefficient (Wildman–Crippen LogP) is 3.35. The van der Waals surface area contributed by atoms with E-state index in [4.69, 9.17) is 4.74 Å². The highest BCUT2D eigenvalue weighted by Gasteiger charge is 2.11. The average molecular weight is 380 g/mol. The van der Waals surface area contributed by atoms with E-state index < -0.39 is 12.1 Å². The molecule has 3 N–H and O–H groups in total. The van der Waals surface area contributed by atoms with Gasteiger partial charge in [0, 0.05) is 17.9 Å². The SMILES string of the molecule is COc1ccc(C(O)CNC(=O)Nc2cccc(-n3nc(C)cc3C)c2)cc1. The molecule has 0 fully saturated rings. The third-order valence-electron chi connectivity index (χ3n) is 4.31. The second-order valence-electron chi connectivity index (χ2n) is 6.51. The molecule has 0 aliphatic rings. The Hall–Kier alpha value is -3.32. The Morgan fingerprint density at radius 3 is 2.57 bits per heavy atom. The lowest BCUT2D eigenvalue weighted by molar-refractivity contribution is 0.175. The van der Waals surface area contributed by atoms with Crippen LogP contribution < -0.4 is 15.4 Å². The van der Waals surface area contributed by atoms with E-state index in [1.807, 2.05) is 42.8 Å². The van der Waals surface area contributed by atoms with Crippen molar-refractivity contribution in [1.82, 2.24) is 15.1 Å². The third kappa shape index (κ3) is 4.69. The second-order valence-corrected chi connectivity index (χ2v) is 6.51. The highest BCUT2D eigenvalue weighted by Crippen LogP contribution is 2.18. The first-order valence-corrected chi connectivity index (χ1v) is 8.97. The van der Waals surface area contributed by atoms with Crippen molar-refractivity contribution in [1.29, 1.82) is 0 Å². The first-order chi connectivity index (χ1) is 13.5.